The maximum atomic E-state index is 9.03. The fraction of sp³-hybridized carbons (Fsp3) is 1.00. The molecule has 1 unspecified atom stereocenters. The summed E-state index contributed by atoms with van der Waals surface area (Å²) in [7, 11) is 0. The van der Waals surface area contributed by atoms with E-state index in [1.165, 1.54) is 32.1 Å². The van der Waals surface area contributed by atoms with E-state index in [0.29, 0.717) is 12.3 Å². The Morgan fingerprint density at radius 2 is 1.68 bits per heavy atom. The molecule has 0 heterocycles. The van der Waals surface area contributed by atoms with Crippen molar-refractivity contribution in [3.05, 3.63) is 0 Å². The van der Waals surface area contributed by atoms with Crippen LogP contribution >= 0.6 is 0 Å². The van der Waals surface area contributed by atoms with Gasteiger partial charge >= 0.3 is 0 Å². The molecular formula is C15H33NO3. The molecule has 1 rings (SSSR count). The Bertz CT molecular complexity index is 191. The summed E-state index contributed by atoms with van der Waals surface area (Å²) in [4.78, 5) is 4.78. The predicted molar refractivity (Wildman–Crippen MR) is 78.7 cm³/mol. The Hall–Kier alpha value is -0.160. The maximum absolute atomic E-state index is 9.03. The maximum Gasteiger partial charge on any atom is 0.106 e. The van der Waals surface area contributed by atoms with Crippen molar-refractivity contribution in [1.82, 2.24) is 0 Å². The van der Waals surface area contributed by atoms with E-state index >= 15 is 0 Å². The van der Waals surface area contributed by atoms with Gasteiger partial charge in [0.1, 0.15) is 11.8 Å². The van der Waals surface area contributed by atoms with Gasteiger partial charge < -0.3 is 10.8 Å². The molecule has 4 N–H and O–H groups in total. The molecule has 0 aromatic carbocycles. The van der Waals surface area contributed by atoms with E-state index in [1.54, 1.807) is 0 Å². The minimum absolute atomic E-state index is 0.250. The molecule has 4 nitrogen and oxygen atoms in total. The molecular weight excluding hydrogens is 242 g/mol. The first-order valence-corrected chi connectivity index (χ1v) is 7.82. The highest BCUT2D eigenvalue weighted by Crippen LogP contribution is 2.38. The van der Waals surface area contributed by atoms with Crippen LogP contribution in [0.1, 0.15) is 78.6 Å². The number of hydrogen-bond donors (Lipinski definition) is 3. The van der Waals surface area contributed by atoms with Gasteiger partial charge in [-0.2, -0.15) is 0 Å². The van der Waals surface area contributed by atoms with Crippen molar-refractivity contribution >= 4 is 0 Å². The average Bonchev–Trinajstić information content (AvgIpc) is 2.43. The molecule has 0 aromatic heterocycles. The van der Waals surface area contributed by atoms with Crippen LogP contribution in [0.2, 0.25) is 0 Å². The molecule has 1 atom stereocenters. The van der Waals surface area contributed by atoms with Crippen LogP contribution in [0.15, 0.2) is 0 Å². The molecule has 0 amide bonds. The highest BCUT2D eigenvalue weighted by molar-refractivity contribution is 4.86. The third-order valence-corrected chi connectivity index (χ3v) is 4.31. The summed E-state index contributed by atoms with van der Waals surface area (Å²) in [6.07, 6.45) is 9.31. The van der Waals surface area contributed by atoms with Crippen molar-refractivity contribution in [3.63, 3.8) is 0 Å². The third-order valence-electron chi connectivity index (χ3n) is 4.31. The topological polar surface area (TPSA) is 75.7 Å². The van der Waals surface area contributed by atoms with E-state index in [9.17, 15) is 0 Å². The number of hydrogen-bond acceptors (Lipinski definition) is 4. The van der Waals surface area contributed by atoms with Gasteiger partial charge in [-0.15, -0.1) is 0 Å². The first kappa shape index (κ1) is 18.8. The lowest BCUT2D eigenvalue weighted by atomic mass is 9.74. The smallest absolute Gasteiger partial charge is 0.106 e. The van der Waals surface area contributed by atoms with Gasteiger partial charge in [-0.05, 0) is 38.0 Å². The van der Waals surface area contributed by atoms with Crippen LogP contribution in [-0.4, -0.2) is 22.2 Å². The quantitative estimate of drug-likeness (QED) is 0.392. The lowest BCUT2D eigenvalue weighted by Crippen LogP contribution is -2.40. The van der Waals surface area contributed by atoms with Crippen LogP contribution in [0.4, 0.5) is 0 Å². The number of aliphatic hydroxyl groups excluding tert-OH is 1. The molecule has 0 spiro atoms. The predicted octanol–water partition coefficient (Wildman–Crippen LogP) is 3.68. The highest BCUT2D eigenvalue weighted by Gasteiger charge is 2.37. The normalized spacial score (nSPS) is 18.6. The summed E-state index contributed by atoms with van der Waals surface area (Å²) in [5, 5.41) is 17.4. The molecule has 0 bridgehead atoms. The molecule has 0 saturated heterocycles. The molecule has 1 saturated carbocycles. The second-order valence-corrected chi connectivity index (χ2v) is 5.55. The van der Waals surface area contributed by atoms with Crippen LogP contribution in [0.5, 0.6) is 0 Å². The Morgan fingerprint density at radius 1 is 1.16 bits per heavy atom. The molecule has 0 radical (unpaired) electrons. The third kappa shape index (κ3) is 6.70. The van der Waals surface area contributed by atoms with Crippen molar-refractivity contribution in [1.29, 1.82) is 0 Å². The van der Waals surface area contributed by atoms with Gasteiger partial charge in [0.05, 0.1) is 0 Å². The van der Waals surface area contributed by atoms with Gasteiger partial charge in [0.15, 0.2) is 0 Å². The van der Waals surface area contributed by atoms with E-state index < -0.39 is 6.23 Å². The van der Waals surface area contributed by atoms with Gasteiger partial charge in [-0.3, -0.25) is 5.26 Å². The van der Waals surface area contributed by atoms with E-state index in [2.05, 4.69) is 13.8 Å². The van der Waals surface area contributed by atoms with E-state index in [4.69, 9.17) is 21.0 Å². The fourth-order valence-electron chi connectivity index (χ4n) is 2.96. The molecule has 0 aromatic rings. The van der Waals surface area contributed by atoms with E-state index in [-0.39, 0.29) is 5.60 Å². The SMILES string of the molecule is CCC(CC)(OO)C1CCCCC1.CCCC(N)O. The molecule has 1 aliphatic rings. The van der Waals surface area contributed by atoms with Gasteiger partial charge in [0.2, 0.25) is 0 Å². The van der Waals surface area contributed by atoms with Crippen LogP contribution in [0.25, 0.3) is 0 Å². The van der Waals surface area contributed by atoms with Crippen LogP contribution in [-0.2, 0) is 4.89 Å². The summed E-state index contributed by atoms with van der Waals surface area (Å²) in [6.45, 7) is 6.19. The average molecular weight is 275 g/mol. The Morgan fingerprint density at radius 3 is 1.95 bits per heavy atom. The molecule has 0 aliphatic heterocycles. The van der Waals surface area contributed by atoms with Crippen molar-refractivity contribution in [2.24, 2.45) is 11.7 Å². The molecule has 116 valence electrons. The van der Waals surface area contributed by atoms with Gasteiger partial charge in [0.25, 0.3) is 0 Å². The lowest BCUT2D eigenvalue weighted by molar-refractivity contribution is -0.342. The summed E-state index contributed by atoms with van der Waals surface area (Å²) in [6, 6.07) is 0. The van der Waals surface area contributed by atoms with Gasteiger partial charge in [-0.25, -0.2) is 4.89 Å². The molecule has 4 heteroatoms. The minimum atomic E-state index is -0.602. The van der Waals surface area contributed by atoms with Crippen molar-refractivity contribution < 1.29 is 15.3 Å². The van der Waals surface area contributed by atoms with Crippen molar-refractivity contribution in [2.75, 3.05) is 0 Å². The first-order valence-electron chi connectivity index (χ1n) is 7.82. The number of nitrogens with two attached hydrogens (primary N) is 1. The fourth-order valence-corrected chi connectivity index (χ4v) is 2.96. The second kappa shape index (κ2) is 10.6. The summed E-state index contributed by atoms with van der Waals surface area (Å²) >= 11 is 0. The largest absolute Gasteiger partial charge is 0.379 e. The zero-order chi connectivity index (χ0) is 14.7. The van der Waals surface area contributed by atoms with Crippen LogP contribution in [0, 0.1) is 5.92 Å². The highest BCUT2D eigenvalue weighted by atomic mass is 17.1. The monoisotopic (exact) mass is 275 g/mol. The summed E-state index contributed by atoms with van der Waals surface area (Å²) in [5.74, 6) is 0.571. The van der Waals surface area contributed by atoms with Crippen LogP contribution in [0.3, 0.4) is 0 Å². The van der Waals surface area contributed by atoms with Crippen molar-refractivity contribution in [3.8, 4) is 0 Å². The van der Waals surface area contributed by atoms with Gasteiger partial charge in [-0.1, -0.05) is 46.5 Å². The summed E-state index contributed by atoms with van der Waals surface area (Å²) < 4.78 is 0. The van der Waals surface area contributed by atoms with Crippen molar-refractivity contribution in [2.45, 2.75) is 90.4 Å². The van der Waals surface area contributed by atoms with E-state index in [0.717, 1.165) is 19.3 Å². The first-order chi connectivity index (χ1) is 9.06. The van der Waals surface area contributed by atoms with E-state index in [1.807, 2.05) is 6.92 Å². The second-order valence-electron chi connectivity index (χ2n) is 5.55. The van der Waals surface area contributed by atoms with Gasteiger partial charge in [0, 0.05) is 0 Å². The zero-order valence-corrected chi connectivity index (χ0v) is 12.9. The zero-order valence-electron chi connectivity index (χ0n) is 12.9. The number of aliphatic hydroxyl groups is 1. The number of rotatable bonds is 6. The Balaban J connectivity index is 0.000000459. The molecule has 1 fully saturated rings. The summed E-state index contributed by atoms with van der Waals surface area (Å²) in [5.41, 5.74) is 4.71. The Kier molecular flexibility index (Phi) is 10.5. The Labute approximate surface area is 118 Å². The minimum Gasteiger partial charge on any atom is -0.379 e. The molecule has 1 aliphatic carbocycles. The molecule has 19 heavy (non-hydrogen) atoms. The standard InChI is InChI=1S/C11H22O2.C4H11NO/c1-3-11(4-2,13-12)10-8-6-5-7-9-10;1-2-3-4(5)6/h10,12H,3-9H2,1-2H3;4,6H,2-3,5H2,1H3. The lowest BCUT2D eigenvalue weighted by Gasteiger charge is -2.38. The van der Waals surface area contributed by atoms with Crippen LogP contribution < -0.4 is 5.73 Å².